The molecule has 2 aliphatic rings. The lowest BCUT2D eigenvalue weighted by molar-refractivity contribution is 0.801. The van der Waals surface area contributed by atoms with Gasteiger partial charge < -0.3 is 4.90 Å². The van der Waals surface area contributed by atoms with Crippen molar-refractivity contribution in [2.45, 2.75) is 5.41 Å². The highest BCUT2D eigenvalue weighted by Crippen LogP contribution is 2.66. The van der Waals surface area contributed by atoms with Gasteiger partial charge in [-0.25, -0.2) is 0 Å². The zero-order chi connectivity index (χ0) is 42.2. The van der Waals surface area contributed by atoms with Crippen LogP contribution in [0.25, 0.3) is 77.2 Å². The molecule has 0 saturated heterocycles. The van der Waals surface area contributed by atoms with E-state index < -0.39 is 5.41 Å². The molecule has 1 heteroatoms. The molecule has 0 radical (unpaired) electrons. The van der Waals surface area contributed by atoms with Gasteiger partial charge in [-0.2, -0.15) is 0 Å². The zero-order valence-electron chi connectivity index (χ0n) is 35.1. The number of benzene rings is 11. The normalized spacial score (nSPS) is 12.8. The minimum Gasteiger partial charge on any atom is -0.310 e. The molecular formula is C63H41N. The van der Waals surface area contributed by atoms with Gasteiger partial charge in [0.1, 0.15) is 0 Å². The summed E-state index contributed by atoms with van der Waals surface area (Å²) in [5.41, 5.74) is 20.9. The molecule has 0 saturated carbocycles. The molecule has 2 aliphatic carbocycles. The fourth-order valence-electron chi connectivity index (χ4n) is 11.2. The summed E-state index contributed by atoms with van der Waals surface area (Å²) in [5, 5.41) is 4.98. The van der Waals surface area contributed by atoms with Crippen LogP contribution in [0.15, 0.2) is 249 Å². The smallest absolute Gasteiger partial charge is 0.0731 e. The van der Waals surface area contributed by atoms with E-state index in [-0.39, 0.29) is 0 Å². The Kier molecular flexibility index (Phi) is 8.20. The highest BCUT2D eigenvalue weighted by Gasteiger charge is 2.53. The monoisotopic (exact) mass is 811 g/mol. The number of fused-ring (bicyclic) bond motifs is 13. The average molecular weight is 812 g/mol. The van der Waals surface area contributed by atoms with E-state index >= 15 is 0 Å². The highest BCUT2D eigenvalue weighted by molar-refractivity contribution is 6.16. The van der Waals surface area contributed by atoms with Crippen molar-refractivity contribution in [3.8, 4) is 55.6 Å². The maximum Gasteiger partial charge on any atom is 0.0731 e. The van der Waals surface area contributed by atoms with E-state index in [1.165, 1.54) is 99.4 Å². The first-order valence-electron chi connectivity index (χ1n) is 22.3. The molecule has 0 N–H and O–H groups in total. The maximum absolute atomic E-state index is 2.39. The second-order valence-corrected chi connectivity index (χ2v) is 17.1. The van der Waals surface area contributed by atoms with E-state index in [0.29, 0.717) is 0 Å². The van der Waals surface area contributed by atoms with Crippen molar-refractivity contribution in [2.24, 2.45) is 0 Å². The number of hydrogen-bond donors (Lipinski definition) is 0. The molecule has 0 unspecified atom stereocenters. The van der Waals surface area contributed by atoms with Crippen molar-refractivity contribution in [1.29, 1.82) is 0 Å². The molecule has 13 rings (SSSR count). The molecule has 0 bridgehead atoms. The first-order chi connectivity index (χ1) is 31.8. The number of hydrogen-bond acceptors (Lipinski definition) is 1. The number of anilines is 3. The molecule has 0 aromatic heterocycles. The van der Waals surface area contributed by atoms with Gasteiger partial charge in [-0.15, -0.1) is 0 Å². The Morgan fingerprint density at radius 1 is 0.266 bits per heavy atom. The minimum absolute atomic E-state index is 0.471. The van der Waals surface area contributed by atoms with Crippen molar-refractivity contribution in [3.63, 3.8) is 0 Å². The van der Waals surface area contributed by atoms with Gasteiger partial charge in [0, 0.05) is 17.1 Å². The first-order valence-corrected chi connectivity index (χ1v) is 22.3. The Hall–Kier alpha value is -8.26. The molecule has 0 atom stereocenters. The summed E-state index contributed by atoms with van der Waals surface area (Å²) in [6.45, 7) is 0. The third-order valence-corrected chi connectivity index (χ3v) is 13.8. The molecular weight excluding hydrogens is 771 g/mol. The Morgan fingerprint density at radius 2 is 0.703 bits per heavy atom. The van der Waals surface area contributed by atoms with Gasteiger partial charge in [0.25, 0.3) is 0 Å². The van der Waals surface area contributed by atoms with E-state index in [9.17, 15) is 0 Å². The van der Waals surface area contributed by atoms with Gasteiger partial charge in [-0.05, 0) is 136 Å². The number of nitrogens with zero attached hydrogens (tertiary/aromatic N) is 1. The van der Waals surface area contributed by atoms with Crippen LogP contribution < -0.4 is 4.90 Å². The Labute approximate surface area is 373 Å². The molecule has 0 fully saturated rings. The summed E-state index contributed by atoms with van der Waals surface area (Å²) in [7, 11) is 0. The lowest BCUT2D eigenvalue weighted by atomic mass is 9.68. The number of rotatable bonds is 6. The van der Waals surface area contributed by atoms with Crippen LogP contribution >= 0.6 is 0 Å². The van der Waals surface area contributed by atoms with E-state index in [4.69, 9.17) is 0 Å². The topological polar surface area (TPSA) is 3.24 Å². The molecule has 64 heavy (non-hydrogen) atoms. The third-order valence-electron chi connectivity index (χ3n) is 13.8. The van der Waals surface area contributed by atoms with Gasteiger partial charge in [-0.3, -0.25) is 0 Å². The van der Waals surface area contributed by atoms with Crippen molar-refractivity contribution in [3.05, 3.63) is 271 Å². The Balaban J connectivity index is 1.05. The second kappa shape index (κ2) is 14.4. The molecule has 1 nitrogen and oxygen atoms in total. The predicted octanol–water partition coefficient (Wildman–Crippen LogP) is 16.8. The van der Waals surface area contributed by atoms with Gasteiger partial charge in [0.05, 0.1) is 5.41 Å². The summed E-state index contributed by atoms with van der Waals surface area (Å²) in [4.78, 5) is 2.39. The standard InChI is InChI=1S/C63H41N/c1-3-17-42(18-4-1)44-31-36-48(37-32-44)64(50-40-33-43-19-7-8-22-47(43)41-50)49-38-34-46(35-39-49)59-53-25-9-10-26-54(53)62-61(60(59)45-20-5-2-6-21-45)55-27-13-16-30-58(55)63(62)56-28-14-11-23-51(56)52-24-12-15-29-57(52)63/h1-41H. The SMILES string of the molecule is c1ccc(-c2ccc(N(c3ccc(-c4c(-c5ccccc5)c5c(c6ccccc46)C4(c6ccccc6-c6ccccc64)c4ccccc4-5)cc3)c3ccc4ccccc4c3)cc2)cc1. The van der Waals surface area contributed by atoms with Gasteiger partial charge in [-0.1, -0.05) is 212 Å². The summed E-state index contributed by atoms with van der Waals surface area (Å²) in [6.07, 6.45) is 0. The molecule has 11 aromatic rings. The Morgan fingerprint density at radius 3 is 1.34 bits per heavy atom. The quantitative estimate of drug-likeness (QED) is 0.162. The van der Waals surface area contributed by atoms with Crippen molar-refractivity contribution in [2.75, 3.05) is 4.90 Å². The van der Waals surface area contributed by atoms with E-state index in [1.807, 2.05) is 0 Å². The second-order valence-electron chi connectivity index (χ2n) is 17.1. The molecule has 0 amide bonds. The van der Waals surface area contributed by atoms with Crippen LogP contribution in [0.2, 0.25) is 0 Å². The van der Waals surface area contributed by atoms with Crippen molar-refractivity contribution >= 4 is 38.6 Å². The summed E-state index contributed by atoms with van der Waals surface area (Å²) in [5.74, 6) is 0. The van der Waals surface area contributed by atoms with Gasteiger partial charge in [0.15, 0.2) is 0 Å². The average Bonchev–Trinajstić information content (AvgIpc) is 3.85. The third kappa shape index (κ3) is 5.31. The van der Waals surface area contributed by atoms with Crippen LogP contribution in [0, 0.1) is 0 Å². The molecule has 0 aliphatic heterocycles. The largest absolute Gasteiger partial charge is 0.310 e. The van der Waals surface area contributed by atoms with Gasteiger partial charge >= 0.3 is 0 Å². The van der Waals surface area contributed by atoms with Gasteiger partial charge in [0.2, 0.25) is 0 Å². The summed E-state index contributed by atoms with van der Waals surface area (Å²) >= 11 is 0. The fraction of sp³-hybridized carbons (Fsp3) is 0.0159. The predicted molar refractivity (Wildman–Crippen MR) is 269 cm³/mol. The molecule has 0 heterocycles. The van der Waals surface area contributed by atoms with Crippen LogP contribution in [0.1, 0.15) is 22.3 Å². The van der Waals surface area contributed by atoms with E-state index in [2.05, 4.69) is 254 Å². The molecule has 298 valence electrons. The lowest BCUT2D eigenvalue weighted by Gasteiger charge is -2.32. The van der Waals surface area contributed by atoms with Crippen LogP contribution in [0.4, 0.5) is 17.1 Å². The van der Waals surface area contributed by atoms with Crippen LogP contribution in [-0.4, -0.2) is 0 Å². The van der Waals surface area contributed by atoms with Crippen LogP contribution in [0.3, 0.4) is 0 Å². The van der Waals surface area contributed by atoms with Crippen LogP contribution in [-0.2, 0) is 5.41 Å². The lowest BCUT2D eigenvalue weighted by Crippen LogP contribution is -2.26. The zero-order valence-corrected chi connectivity index (χ0v) is 35.1. The summed E-state index contributed by atoms with van der Waals surface area (Å²) < 4.78 is 0. The fourth-order valence-corrected chi connectivity index (χ4v) is 11.2. The maximum atomic E-state index is 2.39. The van der Waals surface area contributed by atoms with Crippen molar-refractivity contribution < 1.29 is 0 Å². The van der Waals surface area contributed by atoms with E-state index in [1.54, 1.807) is 0 Å². The highest BCUT2D eigenvalue weighted by atomic mass is 15.1. The molecule has 11 aromatic carbocycles. The summed E-state index contributed by atoms with van der Waals surface area (Å²) in [6, 6.07) is 92.0. The Bertz CT molecular complexity index is 3540. The molecule has 1 spiro atoms. The minimum atomic E-state index is -0.471. The van der Waals surface area contributed by atoms with Crippen molar-refractivity contribution in [1.82, 2.24) is 0 Å². The first kappa shape index (κ1) is 36.4. The van der Waals surface area contributed by atoms with E-state index in [0.717, 1.165) is 17.1 Å². The van der Waals surface area contributed by atoms with Crippen LogP contribution in [0.5, 0.6) is 0 Å².